The van der Waals surface area contributed by atoms with Crippen molar-refractivity contribution in [1.29, 1.82) is 0 Å². The molecule has 0 unspecified atom stereocenters. The Labute approximate surface area is 162 Å². The van der Waals surface area contributed by atoms with Crippen LogP contribution in [0.3, 0.4) is 0 Å². The average Bonchev–Trinajstić information content (AvgIpc) is 3.39. The highest BCUT2D eigenvalue weighted by Crippen LogP contribution is 2.32. The average molecular weight is 381 g/mol. The number of fused-ring (bicyclic) bond motifs is 1. The van der Waals surface area contributed by atoms with E-state index in [1.807, 2.05) is 16.8 Å². The first kappa shape index (κ1) is 18.1. The summed E-state index contributed by atoms with van der Waals surface area (Å²) in [5, 5.41) is 17.6. The van der Waals surface area contributed by atoms with E-state index in [4.69, 9.17) is 9.15 Å². The molecule has 0 aliphatic carbocycles. The number of aryl methyl sites for hydroxylation is 1. The SMILES string of the molecule is CCCn1cnc(COc2nn3c(-c4ccoc4)nnc3cc2C(C)(C)C)n1. The molecule has 9 heteroatoms. The maximum Gasteiger partial charge on any atom is 0.236 e. The summed E-state index contributed by atoms with van der Waals surface area (Å²) in [7, 11) is 0. The van der Waals surface area contributed by atoms with E-state index >= 15 is 0 Å². The third-order valence-electron chi connectivity index (χ3n) is 4.32. The summed E-state index contributed by atoms with van der Waals surface area (Å²) in [6, 6.07) is 3.78. The van der Waals surface area contributed by atoms with Crippen LogP contribution in [0.5, 0.6) is 5.88 Å². The lowest BCUT2D eigenvalue weighted by molar-refractivity contribution is 0.270. The molecular formula is C19H23N7O2. The van der Waals surface area contributed by atoms with Crippen LogP contribution in [0.4, 0.5) is 0 Å². The van der Waals surface area contributed by atoms with Gasteiger partial charge in [0.2, 0.25) is 5.88 Å². The summed E-state index contributed by atoms with van der Waals surface area (Å²) in [6.45, 7) is 9.49. The van der Waals surface area contributed by atoms with Gasteiger partial charge in [-0.1, -0.05) is 27.7 Å². The second-order valence-corrected chi connectivity index (χ2v) is 7.63. The monoisotopic (exact) mass is 381 g/mol. The Morgan fingerprint density at radius 2 is 2.04 bits per heavy atom. The minimum atomic E-state index is -0.180. The first-order valence-electron chi connectivity index (χ1n) is 9.26. The maximum atomic E-state index is 6.04. The minimum absolute atomic E-state index is 0.180. The fourth-order valence-electron chi connectivity index (χ4n) is 2.90. The molecule has 0 aromatic carbocycles. The highest BCUT2D eigenvalue weighted by Gasteiger charge is 2.24. The summed E-state index contributed by atoms with van der Waals surface area (Å²) >= 11 is 0. The van der Waals surface area contributed by atoms with Crippen LogP contribution in [0.2, 0.25) is 0 Å². The van der Waals surface area contributed by atoms with Crippen LogP contribution in [-0.2, 0) is 18.6 Å². The number of ether oxygens (including phenoxy) is 1. The van der Waals surface area contributed by atoms with Gasteiger partial charge < -0.3 is 9.15 Å². The zero-order valence-corrected chi connectivity index (χ0v) is 16.5. The summed E-state index contributed by atoms with van der Waals surface area (Å²) in [6.07, 6.45) is 5.93. The molecule has 9 nitrogen and oxygen atoms in total. The first-order chi connectivity index (χ1) is 13.5. The molecule has 0 radical (unpaired) electrons. The van der Waals surface area contributed by atoms with Gasteiger partial charge in [-0.2, -0.15) is 9.61 Å². The first-order valence-corrected chi connectivity index (χ1v) is 9.26. The van der Waals surface area contributed by atoms with Crippen molar-refractivity contribution in [3.05, 3.63) is 42.4 Å². The molecule has 0 fully saturated rings. The largest absolute Gasteiger partial charge is 0.472 e. The molecule has 0 aliphatic heterocycles. The van der Waals surface area contributed by atoms with Crippen molar-refractivity contribution in [1.82, 2.24) is 34.6 Å². The number of nitrogens with zero attached hydrogens (tertiary/aromatic N) is 7. The van der Waals surface area contributed by atoms with E-state index in [0.717, 1.165) is 24.1 Å². The van der Waals surface area contributed by atoms with E-state index in [1.165, 1.54) is 0 Å². The van der Waals surface area contributed by atoms with Crippen LogP contribution in [0, 0.1) is 0 Å². The molecule has 4 aromatic heterocycles. The molecule has 0 bridgehead atoms. The van der Waals surface area contributed by atoms with Crippen LogP contribution < -0.4 is 4.74 Å². The molecule has 0 N–H and O–H groups in total. The van der Waals surface area contributed by atoms with Crippen molar-refractivity contribution >= 4 is 5.65 Å². The fourth-order valence-corrected chi connectivity index (χ4v) is 2.90. The summed E-state index contributed by atoms with van der Waals surface area (Å²) < 4.78 is 14.7. The van der Waals surface area contributed by atoms with E-state index < -0.39 is 0 Å². The molecule has 4 aromatic rings. The minimum Gasteiger partial charge on any atom is -0.472 e. The summed E-state index contributed by atoms with van der Waals surface area (Å²) in [5.41, 5.74) is 2.22. The second kappa shape index (κ2) is 7.06. The van der Waals surface area contributed by atoms with Crippen LogP contribution in [0.15, 0.2) is 35.4 Å². The lowest BCUT2D eigenvalue weighted by atomic mass is 9.88. The molecule has 0 aliphatic rings. The standard InChI is InChI=1S/C19H23N7O2/c1-5-7-25-12-20-15(23-25)11-28-18-14(19(2,3)4)9-16-21-22-17(26(16)24-18)13-6-8-27-10-13/h6,8-10,12H,5,7,11H2,1-4H3. The predicted molar refractivity (Wildman–Crippen MR) is 102 cm³/mol. The van der Waals surface area contributed by atoms with E-state index in [0.29, 0.717) is 23.2 Å². The highest BCUT2D eigenvalue weighted by molar-refractivity contribution is 5.58. The zero-order valence-electron chi connectivity index (χ0n) is 16.5. The van der Waals surface area contributed by atoms with Gasteiger partial charge in [-0.25, -0.2) is 4.98 Å². The van der Waals surface area contributed by atoms with Crippen molar-refractivity contribution in [3.63, 3.8) is 0 Å². The molecule has 0 spiro atoms. The van der Waals surface area contributed by atoms with Crippen LogP contribution in [0.1, 0.15) is 45.5 Å². The zero-order chi connectivity index (χ0) is 19.7. The molecular weight excluding hydrogens is 358 g/mol. The summed E-state index contributed by atoms with van der Waals surface area (Å²) in [4.78, 5) is 4.31. The molecule has 0 amide bonds. The van der Waals surface area contributed by atoms with Crippen LogP contribution >= 0.6 is 0 Å². The van der Waals surface area contributed by atoms with Gasteiger partial charge in [0.05, 0.1) is 11.8 Å². The Hall–Kier alpha value is -3.23. The number of hydrogen-bond acceptors (Lipinski definition) is 7. The van der Waals surface area contributed by atoms with Gasteiger partial charge in [-0.15, -0.1) is 15.3 Å². The van der Waals surface area contributed by atoms with Crippen molar-refractivity contribution in [3.8, 4) is 17.3 Å². The number of furan rings is 1. The van der Waals surface area contributed by atoms with Gasteiger partial charge in [0, 0.05) is 12.1 Å². The van der Waals surface area contributed by atoms with Crippen molar-refractivity contribution in [2.24, 2.45) is 0 Å². The normalized spacial score (nSPS) is 12.0. The number of rotatable bonds is 6. The Balaban J connectivity index is 1.70. The summed E-state index contributed by atoms with van der Waals surface area (Å²) in [5.74, 6) is 1.73. The van der Waals surface area contributed by atoms with Gasteiger partial charge >= 0.3 is 0 Å². The molecule has 0 atom stereocenters. The lowest BCUT2D eigenvalue weighted by Crippen LogP contribution is -2.16. The Kier molecular flexibility index (Phi) is 4.58. The van der Waals surface area contributed by atoms with Gasteiger partial charge in [0.25, 0.3) is 0 Å². The van der Waals surface area contributed by atoms with Gasteiger partial charge in [0.1, 0.15) is 12.6 Å². The number of hydrogen-bond donors (Lipinski definition) is 0. The van der Waals surface area contributed by atoms with Crippen molar-refractivity contribution in [2.45, 2.75) is 52.7 Å². The predicted octanol–water partition coefficient (Wildman–Crippen LogP) is 3.26. The molecule has 146 valence electrons. The fraction of sp³-hybridized carbons (Fsp3) is 0.421. The quantitative estimate of drug-likeness (QED) is 0.506. The Morgan fingerprint density at radius 3 is 2.75 bits per heavy atom. The third kappa shape index (κ3) is 3.47. The van der Waals surface area contributed by atoms with E-state index in [9.17, 15) is 0 Å². The molecule has 0 saturated heterocycles. The molecule has 4 rings (SSSR count). The second-order valence-electron chi connectivity index (χ2n) is 7.63. The maximum absolute atomic E-state index is 6.04. The van der Waals surface area contributed by atoms with E-state index in [1.54, 1.807) is 23.4 Å². The molecule has 0 saturated carbocycles. The van der Waals surface area contributed by atoms with Crippen LogP contribution in [0.25, 0.3) is 17.0 Å². The van der Waals surface area contributed by atoms with Gasteiger partial charge in [0.15, 0.2) is 23.9 Å². The van der Waals surface area contributed by atoms with Gasteiger partial charge in [-0.05, 0) is 24.0 Å². The highest BCUT2D eigenvalue weighted by atomic mass is 16.5. The Morgan fingerprint density at radius 1 is 1.18 bits per heavy atom. The van der Waals surface area contributed by atoms with Crippen molar-refractivity contribution in [2.75, 3.05) is 0 Å². The lowest BCUT2D eigenvalue weighted by Gasteiger charge is -2.21. The Bertz CT molecular complexity index is 1070. The third-order valence-corrected chi connectivity index (χ3v) is 4.32. The van der Waals surface area contributed by atoms with Gasteiger partial charge in [-0.3, -0.25) is 4.68 Å². The van der Waals surface area contributed by atoms with E-state index in [-0.39, 0.29) is 12.0 Å². The van der Waals surface area contributed by atoms with E-state index in [2.05, 4.69) is 53.1 Å². The topological polar surface area (TPSA) is 96.2 Å². The molecule has 28 heavy (non-hydrogen) atoms. The van der Waals surface area contributed by atoms with Crippen LogP contribution in [-0.4, -0.2) is 34.6 Å². The van der Waals surface area contributed by atoms with Crippen molar-refractivity contribution < 1.29 is 9.15 Å². The number of aromatic nitrogens is 7. The smallest absolute Gasteiger partial charge is 0.236 e. The molecule has 4 heterocycles.